The first kappa shape index (κ1) is 17.7. The number of aromatic nitrogens is 2. The van der Waals surface area contributed by atoms with E-state index in [1.807, 2.05) is 4.90 Å². The normalized spacial score (nSPS) is 15.2. The van der Waals surface area contributed by atoms with Crippen molar-refractivity contribution in [2.24, 2.45) is 0 Å². The zero-order chi connectivity index (χ0) is 18.0. The molecule has 134 valence electrons. The predicted molar refractivity (Wildman–Crippen MR) is 92.9 cm³/mol. The average molecular weight is 385 g/mol. The standard InChI is InChI=1S/C15H17ClN4O4S/c1-23-12-3-2-10(8-11(12)16)25(21,22)13-9-18-15(19-14(13)17)20-4-6-24-7-5-20/h2-3,8-9H,4-7H2,1H3,(H2,17,18,19). The molecule has 0 amide bonds. The summed E-state index contributed by atoms with van der Waals surface area (Å²) in [4.78, 5) is 10.0. The van der Waals surface area contributed by atoms with Crippen LogP contribution in [0.15, 0.2) is 34.2 Å². The lowest BCUT2D eigenvalue weighted by atomic mass is 10.3. The Bertz CT molecular complexity index is 885. The summed E-state index contributed by atoms with van der Waals surface area (Å²) in [5, 5.41) is 0.188. The number of benzene rings is 1. The molecule has 2 aromatic rings. The second-order valence-corrected chi connectivity index (χ2v) is 7.64. The number of morpholine rings is 1. The number of hydrogen-bond donors (Lipinski definition) is 1. The zero-order valence-electron chi connectivity index (χ0n) is 13.5. The number of halogens is 1. The number of nitrogens with two attached hydrogens (primary N) is 1. The first-order valence-electron chi connectivity index (χ1n) is 7.47. The van der Waals surface area contributed by atoms with Gasteiger partial charge in [0.25, 0.3) is 0 Å². The molecule has 0 saturated carbocycles. The maximum Gasteiger partial charge on any atom is 0.227 e. The molecule has 1 saturated heterocycles. The minimum atomic E-state index is -3.90. The largest absolute Gasteiger partial charge is 0.495 e. The Kier molecular flexibility index (Phi) is 4.98. The minimum Gasteiger partial charge on any atom is -0.495 e. The van der Waals surface area contributed by atoms with Gasteiger partial charge in [0.15, 0.2) is 0 Å². The first-order valence-corrected chi connectivity index (χ1v) is 9.33. The molecule has 0 spiro atoms. The maximum absolute atomic E-state index is 12.8. The summed E-state index contributed by atoms with van der Waals surface area (Å²) in [6.45, 7) is 2.38. The molecular weight excluding hydrogens is 368 g/mol. The molecule has 2 N–H and O–H groups in total. The molecule has 1 aromatic carbocycles. The molecule has 2 heterocycles. The van der Waals surface area contributed by atoms with Gasteiger partial charge < -0.3 is 20.1 Å². The number of sulfone groups is 1. The summed E-state index contributed by atoms with van der Waals surface area (Å²) in [6.07, 6.45) is 1.22. The van der Waals surface area contributed by atoms with Crippen molar-refractivity contribution in [2.45, 2.75) is 9.79 Å². The highest BCUT2D eigenvalue weighted by Gasteiger charge is 2.25. The number of ether oxygens (including phenoxy) is 2. The molecule has 8 nitrogen and oxygen atoms in total. The number of methoxy groups -OCH3 is 1. The van der Waals surface area contributed by atoms with Gasteiger partial charge in [0.2, 0.25) is 15.8 Å². The number of hydrogen-bond acceptors (Lipinski definition) is 8. The lowest BCUT2D eigenvalue weighted by Gasteiger charge is -2.26. The highest BCUT2D eigenvalue weighted by Crippen LogP contribution is 2.31. The summed E-state index contributed by atoms with van der Waals surface area (Å²) < 4.78 is 35.9. The molecule has 25 heavy (non-hydrogen) atoms. The van der Waals surface area contributed by atoms with Crippen LogP contribution in [-0.2, 0) is 14.6 Å². The minimum absolute atomic E-state index is 0.00674. The van der Waals surface area contributed by atoms with Gasteiger partial charge in [-0.1, -0.05) is 11.6 Å². The van der Waals surface area contributed by atoms with Gasteiger partial charge in [0.05, 0.1) is 36.4 Å². The molecule has 1 aromatic heterocycles. The van der Waals surface area contributed by atoms with Crippen LogP contribution in [0.25, 0.3) is 0 Å². The van der Waals surface area contributed by atoms with E-state index in [1.54, 1.807) is 0 Å². The fourth-order valence-electron chi connectivity index (χ4n) is 2.44. The van der Waals surface area contributed by atoms with E-state index in [2.05, 4.69) is 9.97 Å². The molecule has 3 rings (SSSR count). The summed E-state index contributed by atoms with van der Waals surface area (Å²) in [6, 6.07) is 4.19. The van der Waals surface area contributed by atoms with Crippen LogP contribution in [0.3, 0.4) is 0 Å². The first-order chi connectivity index (χ1) is 11.9. The fourth-order valence-corrected chi connectivity index (χ4v) is 4.05. The van der Waals surface area contributed by atoms with Crippen LogP contribution in [0, 0.1) is 0 Å². The highest BCUT2D eigenvalue weighted by atomic mass is 35.5. The van der Waals surface area contributed by atoms with Gasteiger partial charge in [-0.25, -0.2) is 13.4 Å². The lowest BCUT2D eigenvalue weighted by Crippen LogP contribution is -2.37. The van der Waals surface area contributed by atoms with Crippen molar-refractivity contribution in [3.8, 4) is 5.75 Å². The zero-order valence-corrected chi connectivity index (χ0v) is 15.0. The van der Waals surface area contributed by atoms with Gasteiger partial charge >= 0.3 is 0 Å². The van der Waals surface area contributed by atoms with Crippen molar-refractivity contribution in [2.75, 3.05) is 44.0 Å². The summed E-state index contributed by atoms with van der Waals surface area (Å²) in [5.74, 6) is 0.656. The fraction of sp³-hybridized carbons (Fsp3) is 0.333. The highest BCUT2D eigenvalue weighted by molar-refractivity contribution is 7.91. The number of rotatable bonds is 4. The summed E-state index contributed by atoms with van der Waals surface area (Å²) >= 11 is 6.02. The number of nitrogens with zero attached hydrogens (tertiary/aromatic N) is 3. The van der Waals surface area contributed by atoms with E-state index in [1.165, 1.54) is 31.5 Å². The third kappa shape index (κ3) is 3.48. The van der Waals surface area contributed by atoms with Crippen molar-refractivity contribution in [1.29, 1.82) is 0 Å². The Labute approximate surface area is 150 Å². The Morgan fingerprint density at radius 3 is 2.64 bits per heavy atom. The van der Waals surface area contributed by atoms with E-state index < -0.39 is 9.84 Å². The summed E-state index contributed by atoms with van der Waals surface area (Å²) in [7, 11) is -2.45. The van der Waals surface area contributed by atoms with Crippen LogP contribution >= 0.6 is 11.6 Å². The van der Waals surface area contributed by atoms with E-state index in [4.69, 9.17) is 26.8 Å². The molecule has 0 atom stereocenters. The Hall–Kier alpha value is -2.10. The van der Waals surface area contributed by atoms with Gasteiger partial charge in [-0.15, -0.1) is 0 Å². The SMILES string of the molecule is COc1ccc(S(=O)(=O)c2cnc(N3CCOCC3)nc2N)cc1Cl. The van der Waals surface area contributed by atoms with Crippen LogP contribution in [0.4, 0.5) is 11.8 Å². The van der Waals surface area contributed by atoms with Gasteiger partial charge in [0.1, 0.15) is 16.5 Å². The molecule has 0 bridgehead atoms. The molecule has 1 aliphatic rings. The van der Waals surface area contributed by atoms with Crippen molar-refractivity contribution in [1.82, 2.24) is 9.97 Å². The second-order valence-electron chi connectivity index (χ2n) is 5.32. The van der Waals surface area contributed by atoms with Crippen molar-refractivity contribution in [3.63, 3.8) is 0 Å². The van der Waals surface area contributed by atoms with Crippen LogP contribution < -0.4 is 15.4 Å². The number of nitrogen functional groups attached to an aromatic ring is 1. The maximum atomic E-state index is 12.8. The molecule has 0 radical (unpaired) electrons. The van der Waals surface area contributed by atoms with Gasteiger partial charge in [-0.2, -0.15) is 4.98 Å². The van der Waals surface area contributed by atoms with E-state index in [-0.39, 0.29) is 20.6 Å². The topological polar surface area (TPSA) is 108 Å². The third-order valence-corrected chi connectivity index (χ3v) is 5.85. The lowest BCUT2D eigenvalue weighted by molar-refractivity contribution is 0.122. The van der Waals surface area contributed by atoms with E-state index in [0.29, 0.717) is 38.0 Å². The van der Waals surface area contributed by atoms with Crippen LogP contribution in [0.2, 0.25) is 5.02 Å². The molecule has 1 fully saturated rings. The van der Waals surface area contributed by atoms with Crippen LogP contribution in [0.1, 0.15) is 0 Å². The Morgan fingerprint density at radius 1 is 1.32 bits per heavy atom. The molecule has 0 aliphatic carbocycles. The third-order valence-electron chi connectivity index (χ3n) is 3.79. The average Bonchev–Trinajstić information content (AvgIpc) is 2.62. The monoisotopic (exact) mass is 384 g/mol. The Balaban J connectivity index is 1.96. The molecule has 1 aliphatic heterocycles. The van der Waals surface area contributed by atoms with Gasteiger partial charge in [-0.3, -0.25) is 0 Å². The molecule has 10 heteroatoms. The van der Waals surface area contributed by atoms with Gasteiger partial charge in [-0.05, 0) is 18.2 Å². The molecular formula is C15H17ClN4O4S. The van der Waals surface area contributed by atoms with Crippen LogP contribution in [0.5, 0.6) is 5.75 Å². The van der Waals surface area contributed by atoms with E-state index >= 15 is 0 Å². The molecule has 0 unspecified atom stereocenters. The number of anilines is 2. The quantitative estimate of drug-likeness (QED) is 0.842. The van der Waals surface area contributed by atoms with Crippen molar-refractivity contribution in [3.05, 3.63) is 29.4 Å². The van der Waals surface area contributed by atoms with Gasteiger partial charge in [0, 0.05) is 13.1 Å². The van der Waals surface area contributed by atoms with Crippen LogP contribution in [-0.4, -0.2) is 51.8 Å². The predicted octanol–water partition coefficient (Wildman–Crippen LogP) is 1.39. The van der Waals surface area contributed by atoms with E-state index in [0.717, 1.165) is 0 Å². The smallest absolute Gasteiger partial charge is 0.227 e. The van der Waals surface area contributed by atoms with E-state index in [9.17, 15) is 8.42 Å². The summed E-state index contributed by atoms with van der Waals surface area (Å²) in [5.41, 5.74) is 5.90. The Morgan fingerprint density at radius 2 is 2.04 bits per heavy atom. The van der Waals surface area contributed by atoms with Crippen molar-refractivity contribution >= 4 is 33.2 Å². The second kappa shape index (κ2) is 7.03. The van der Waals surface area contributed by atoms with Crippen molar-refractivity contribution < 1.29 is 17.9 Å².